The number of thiazole rings is 1. The van der Waals surface area contributed by atoms with Gasteiger partial charge in [-0.25, -0.2) is 9.97 Å². The number of fused-ring (bicyclic) bond motifs is 1. The lowest BCUT2D eigenvalue weighted by Crippen LogP contribution is -2.53. The van der Waals surface area contributed by atoms with Crippen molar-refractivity contribution >= 4 is 28.3 Å². The lowest BCUT2D eigenvalue weighted by Gasteiger charge is -2.43. The Morgan fingerprint density at radius 1 is 1.06 bits per heavy atom. The smallest absolute Gasteiger partial charge is 0.262 e. The molecule has 2 saturated heterocycles. The molecule has 11 nitrogen and oxygen atoms in total. The Labute approximate surface area is 299 Å². The van der Waals surface area contributed by atoms with Crippen LogP contribution in [0.15, 0.2) is 107 Å². The maximum absolute atomic E-state index is 14.2. The molecule has 51 heavy (non-hydrogen) atoms. The Bertz CT molecular complexity index is 2180. The normalized spacial score (nSPS) is 19.4. The molecule has 2 aromatic carbocycles. The third kappa shape index (κ3) is 6.74. The number of aromatic nitrogens is 4. The molecule has 12 heteroatoms. The predicted molar refractivity (Wildman–Crippen MR) is 195 cm³/mol. The van der Waals surface area contributed by atoms with Gasteiger partial charge in [-0.15, -0.1) is 11.3 Å². The number of methoxy groups -OCH3 is 1. The van der Waals surface area contributed by atoms with Gasteiger partial charge < -0.3 is 23.7 Å². The van der Waals surface area contributed by atoms with E-state index in [1.165, 1.54) is 21.3 Å². The lowest BCUT2D eigenvalue weighted by atomic mass is 9.79. The average molecular weight is 705 g/mol. The minimum absolute atomic E-state index is 0.0511. The van der Waals surface area contributed by atoms with Crippen LogP contribution in [0, 0.1) is 5.92 Å². The molecule has 0 radical (unpaired) electrons. The first-order valence-corrected chi connectivity index (χ1v) is 18.2. The van der Waals surface area contributed by atoms with Crippen LogP contribution in [0.1, 0.15) is 35.6 Å². The summed E-state index contributed by atoms with van der Waals surface area (Å²) in [6, 6.07) is 21.6. The van der Waals surface area contributed by atoms with E-state index in [0.717, 1.165) is 42.3 Å². The van der Waals surface area contributed by atoms with Crippen molar-refractivity contribution in [1.29, 1.82) is 0 Å². The highest BCUT2D eigenvalue weighted by molar-refractivity contribution is 7.15. The molecular weight excluding hydrogens is 665 g/mol. The second kappa shape index (κ2) is 13.9. The zero-order valence-corrected chi connectivity index (χ0v) is 29.2. The van der Waals surface area contributed by atoms with E-state index in [-0.39, 0.29) is 29.8 Å². The van der Waals surface area contributed by atoms with E-state index in [9.17, 15) is 14.7 Å². The first-order chi connectivity index (χ1) is 24.9. The van der Waals surface area contributed by atoms with Gasteiger partial charge in [0.1, 0.15) is 23.3 Å². The van der Waals surface area contributed by atoms with Crippen LogP contribution in [0.2, 0.25) is 0 Å². The monoisotopic (exact) mass is 704 g/mol. The highest BCUT2D eigenvalue weighted by atomic mass is 32.1. The van der Waals surface area contributed by atoms with Crippen molar-refractivity contribution in [1.82, 2.24) is 28.9 Å². The Kier molecular flexibility index (Phi) is 9.05. The number of amides is 1. The van der Waals surface area contributed by atoms with Gasteiger partial charge in [-0.05, 0) is 55.6 Å². The van der Waals surface area contributed by atoms with Crippen LogP contribution in [-0.4, -0.2) is 78.8 Å². The zero-order valence-electron chi connectivity index (χ0n) is 28.4. The standard InChI is InChI=1S/C39H40N6O5S/c1-49-30-9-5-8-29(20-30)45-16-11-33-35(45)41-26-44(38(33)47)25-39(48)13-17-43(18-14-39)37(46)32-10-15-42(23-34(32)27-6-3-2-4-7-27)22-31-21-40-36(51-31)28-12-19-50-24-28/h2-9,11-12,16,19-21,24,26,32,34,48H,10,13-15,17-18,22-23,25H2,1H3/t32-,34+/m1/s1. The quantitative estimate of drug-likeness (QED) is 0.208. The third-order valence-corrected chi connectivity index (χ3v) is 11.4. The summed E-state index contributed by atoms with van der Waals surface area (Å²) in [6.45, 7) is 3.36. The summed E-state index contributed by atoms with van der Waals surface area (Å²) in [4.78, 5) is 42.5. The Balaban J connectivity index is 0.932. The first-order valence-electron chi connectivity index (χ1n) is 17.3. The molecule has 8 rings (SSSR count). The Morgan fingerprint density at radius 2 is 1.90 bits per heavy atom. The maximum atomic E-state index is 14.2. The minimum Gasteiger partial charge on any atom is -0.497 e. The van der Waals surface area contributed by atoms with Gasteiger partial charge in [0.2, 0.25) is 5.91 Å². The number of ether oxygens (including phenoxy) is 1. The third-order valence-electron chi connectivity index (χ3n) is 10.4. The number of nitrogens with zero attached hydrogens (tertiary/aromatic N) is 6. The maximum Gasteiger partial charge on any atom is 0.262 e. The van der Waals surface area contributed by atoms with Crippen LogP contribution in [0.5, 0.6) is 5.75 Å². The van der Waals surface area contributed by atoms with Gasteiger partial charge >= 0.3 is 0 Å². The average Bonchev–Trinajstić information content (AvgIpc) is 3.95. The zero-order chi connectivity index (χ0) is 35.0. The molecular formula is C39H40N6O5S. The molecule has 0 bridgehead atoms. The fourth-order valence-electron chi connectivity index (χ4n) is 7.61. The van der Waals surface area contributed by atoms with Crippen LogP contribution in [0.4, 0.5) is 0 Å². The Hall–Kier alpha value is -5.04. The number of hydrogen-bond donors (Lipinski definition) is 1. The largest absolute Gasteiger partial charge is 0.497 e. The molecule has 2 atom stereocenters. The van der Waals surface area contributed by atoms with E-state index in [4.69, 9.17) is 9.15 Å². The first kappa shape index (κ1) is 33.1. The number of furan rings is 1. The molecule has 6 aromatic rings. The SMILES string of the molecule is COc1cccc(-n2ccc3c(=O)n(CC4(O)CCN(C(=O)[C@@H]5CCN(Cc6cnc(-c7ccoc7)s6)C[C@H]5c5ccccc5)CC4)cnc32)c1. The number of piperidine rings is 2. The number of carbonyl (C=O) groups is 1. The second-order valence-electron chi connectivity index (χ2n) is 13.6. The summed E-state index contributed by atoms with van der Waals surface area (Å²) in [5.74, 6) is 0.754. The van der Waals surface area contributed by atoms with Gasteiger partial charge in [0.15, 0.2) is 5.65 Å². The van der Waals surface area contributed by atoms with Gasteiger partial charge in [-0.1, -0.05) is 36.4 Å². The Morgan fingerprint density at radius 3 is 2.69 bits per heavy atom. The van der Waals surface area contributed by atoms with Crippen LogP contribution >= 0.6 is 11.3 Å². The van der Waals surface area contributed by atoms with Crippen molar-refractivity contribution in [2.45, 2.75) is 43.9 Å². The molecule has 4 aromatic heterocycles. The molecule has 0 aliphatic carbocycles. The van der Waals surface area contributed by atoms with Crippen molar-refractivity contribution in [2.75, 3.05) is 33.3 Å². The van der Waals surface area contributed by atoms with E-state index in [2.05, 4.69) is 27.0 Å². The molecule has 262 valence electrons. The fraction of sp³-hybridized carbons (Fsp3) is 0.333. The van der Waals surface area contributed by atoms with Crippen LogP contribution in [0.25, 0.3) is 27.3 Å². The molecule has 2 fully saturated rings. The highest BCUT2D eigenvalue weighted by Gasteiger charge is 2.41. The van der Waals surface area contributed by atoms with E-state index < -0.39 is 5.60 Å². The molecule has 1 N–H and O–H groups in total. The topological polar surface area (TPSA) is 119 Å². The lowest BCUT2D eigenvalue weighted by molar-refractivity contribution is -0.142. The van der Waals surface area contributed by atoms with Crippen LogP contribution in [-0.2, 0) is 17.9 Å². The molecule has 2 aliphatic heterocycles. The summed E-state index contributed by atoms with van der Waals surface area (Å²) in [5, 5.41) is 13.1. The van der Waals surface area contributed by atoms with Crippen molar-refractivity contribution in [3.05, 3.63) is 119 Å². The number of hydrogen-bond acceptors (Lipinski definition) is 9. The second-order valence-corrected chi connectivity index (χ2v) is 14.8. The van der Waals surface area contributed by atoms with Crippen molar-refractivity contribution in [2.24, 2.45) is 5.92 Å². The van der Waals surface area contributed by atoms with Crippen molar-refractivity contribution in [3.63, 3.8) is 0 Å². The molecule has 0 saturated carbocycles. The van der Waals surface area contributed by atoms with E-state index in [1.807, 2.05) is 70.4 Å². The predicted octanol–water partition coefficient (Wildman–Crippen LogP) is 5.57. The summed E-state index contributed by atoms with van der Waals surface area (Å²) < 4.78 is 14.0. The molecule has 2 aliphatic rings. The minimum atomic E-state index is -1.13. The number of aliphatic hydroxyl groups is 1. The van der Waals surface area contributed by atoms with Crippen molar-refractivity contribution in [3.8, 4) is 22.0 Å². The highest BCUT2D eigenvalue weighted by Crippen LogP contribution is 2.37. The van der Waals surface area contributed by atoms with Crippen molar-refractivity contribution < 1.29 is 19.1 Å². The van der Waals surface area contributed by atoms with E-state index in [0.29, 0.717) is 42.7 Å². The molecule has 6 heterocycles. The van der Waals surface area contributed by atoms with E-state index in [1.54, 1.807) is 37.0 Å². The molecule has 0 spiro atoms. The van der Waals surface area contributed by atoms with Gasteiger partial charge in [0, 0.05) is 66.9 Å². The number of carbonyl (C=O) groups excluding carboxylic acids is 1. The van der Waals surface area contributed by atoms with Gasteiger partial charge in [-0.3, -0.25) is 19.1 Å². The van der Waals surface area contributed by atoms with Crippen LogP contribution in [0.3, 0.4) is 0 Å². The summed E-state index contributed by atoms with van der Waals surface area (Å²) in [7, 11) is 1.62. The number of benzene rings is 2. The summed E-state index contributed by atoms with van der Waals surface area (Å²) in [6.07, 6.45) is 10.2. The molecule has 0 unspecified atom stereocenters. The van der Waals surface area contributed by atoms with Crippen LogP contribution < -0.4 is 10.3 Å². The van der Waals surface area contributed by atoms with Gasteiger partial charge in [0.05, 0.1) is 36.6 Å². The fourth-order valence-corrected chi connectivity index (χ4v) is 8.55. The number of rotatable bonds is 9. The van der Waals surface area contributed by atoms with E-state index >= 15 is 0 Å². The summed E-state index contributed by atoms with van der Waals surface area (Å²) >= 11 is 1.67. The molecule has 1 amide bonds. The summed E-state index contributed by atoms with van der Waals surface area (Å²) in [5.41, 5.74) is 2.20. The van der Waals surface area contributed by atoms with Gasteiger partial charge in [0.25, 0.3) is 5.56 Å². The van der Waals surface area contributed by atoms with Gasteiger partial charge in [-0.2, -0.15) is 0 Å². The number of likely N-dealkylation sites (tertiary alicyclic amines) is 2.